The Bertz CT molecular complexity index is 1150. The molecular weight excluding hydrogens is 484 g/mol. The van der Waals surface area contributed by atoms with Crippen molar-refractivity contribution in [2.75, 3.05) is 26.7 Å². The molecule has 0 atom stereocenters. The third-order valence-corrected chi connectivity index (χ3v) is 6.71. The topological polar surface area (TPSA) is 71.5 Å². The maximum absolute atomic E-state index is 14.3. The lowest BCUT2D eigenvalue weighted by Gasteiger charge is -2.28. The van der Waals surface area contributed by atoms with Crippen LogP contribution < -0.4 is 10.1 Å². The highest BCUT2D eigenvalue weighted by Crippen LogP contribution is 2.28. The highest BCUT2D eigenvalue weighted by molar-refractivity contribution is 7.18. The van der Waals surface area contributed by atoms with E-state index >= 15 is 0 Å². The van der Waals surface area contributed by atoms with Gasteiger partial charge in [0.2, 0.25) is 0 Å². The molecular formula is C24H26ClF2N3O3S. The summed E-state index contributed by atoms with van der Waals surface area (Å²) >= 11 is 7.29. The fourth-order valence-corrected chi connectivity index (χ4v) is 4.50. The van der Waals surface area contributed by atoms with E-state index < -0.39 is 23.1 Å². The molecule has 1 N–H and O–H groups in total. The van der Waals surface area contributed by atoms with E-state index in [0.29, 0.717) is 16.6 Å². The van der Waals surface area contributed by atoms with Gasteiger partial charge >= 0.3 is 0 Å². The Hall–Kier alpha value is -2.62. The molecule has 34 heavy (non-hydrogen) atoms. The molecule has 2 heterocycles. The van der Waals surface area contributed by atoms with E-state index in [4.69, 9.17) is 16.3 Å². The van der Waals surface area contributed by atoms with Crippen molar-refractivity contribution < 1.29 is 23.1 Å². The van der Waals surface area contributed by atoms with Crippen LogP contribution in [0, 0.1) is 17.6 Å². The fourth-order valence-electron chi connectivity index (χ4n) is 3.48. The number of carbonyl (C=O) groups excluding carboxylic acids is 2. The minimum Gasteiger partial charge on any atom is -0.483 e. The Labute approximate surface area is 205 Å². The van der Waals surface area contributed by atoms with Crippen molar-refractivity contribution in [3.8, 4) is 5.75 Å². The average Bonchev–Trinajstić information content (AvgIpc) is 3.22. The van der Waals surface area contributed by atoms with E-state index in [1.54, 1.807) is 12.1 Å². The van der Waals surface area contributed by atoms with Gasteiger partial charge in [0, 0.05) is 12.1 Å². The standard InChI is InChI=1S/C16H11ClF2N2O2S.C8H15NO/c1-20-16(22)14-9(18)3-4-11(15(14)19)23-7-13-21-10-6-8(17)2-5-12(10)24-13;1-8-2-4-9(5-3-8)6-7-10/h2-6H,7H2,1H3,(H,20,22);7-8H,2-6H2,1H3. The third-order valence-electron chi connectivity index (χ3n) is 5.46. The average molecular weight is 510 g/mol. The van der Waals surface area contributed by atoms with Gasteiger partial charge in [0.15, 0.2) is 11.6 Å². The lowest BCUT2D eigenvalue weighted by molar-refractivity contribution is -0.109. The Morgan fingerprint density at radius 1 is 1.29 bits per heavy atom. The molecule has 1 aliphatic heterocycles. The summed E-state index contributed by atoms with van der Waals surface area (Å²) in [7, 11) is 1.29. The second kappa shape index (κ2) is 12.2. The first kappa shape index (κ1) is 26.0. The molecule has 1 fully saturated rings. The molecule has 0 unspecified atom stereocenters. The number of fused-ring (bicyclic) bond motifs is 1. The molecule has 0 spiro atoms. The monoisotopic (exact) mass is 509 g/mol. The second-order valence-electron chi connectivity index (χ2n) is 7.97. The Kier molecular flexibility index (Phi) is 9.32. The van der Waals surface area contributed by atoms with E-state index in [1.165, 1.54) is 31.2 Å². The number of aldehydes is 1. The molecule has 1 aliphatic rings. The molecule has 0 bridgehead atoms. The van der Waals surface area contributed by atoms with E-state index in [2.05, 4.69) is 22.1 Å². The lowest BCUT2D eigenvalue weighted by atomic mass is 9.99. The molecule has 1 aromatic heterocycles. The number of hydrogen-bond acceptors (Lipinski definition) is 6. The van der Waals surface area contributed by atoms with Crippen molar-refractivity contribution in [2.45, 2.75) is 26.4 Å². The molecule has 6 nitrogen and oxygen atoms in total. The largest absolute Gasteiger partial charge is 0.483 e. The van der Waals surface area contributed by atoms with Crippen molar-refractivity contribution in [1.82, 2.24) is 15.2 Å². The van der Waals surface area contributed by atoms with Crippen LogP contribution in [-0.2, 0) is 11.4 Å². The van der Waals surface area contributed by atoms with Gasteiger partial charge in [-0.05, 0) is 62.2 Å². The minimum absolute atomic E-state index is 0.00724. The molecule has 4 rings (SSSR count). The number of nitrogens with zero attached hydrogens (tertiary/aromatic N) is 2. The number of thiazole rings is 1. The number of carbonyl (C=O) groups is 2. The maximum Gasteiger partial charge on any atom is 0.257 e. The van der Waals surface area contributed by atoms with Gasteiger partial charge in [-0.15, -0.1) is 11.3 Å². The smallest absolute Gasteiger partial charge is 0.257 e. The fraction of sp³-hybridized carbons (Fsp3) is 0.375. The summed E-state index contributed by atoms with van der Waals surface area (Å²) in [6, 6.07) is 7.43. The van der Waals surface area contributed by atoms with Crippen molar-refractivity contribution in [3.63, 3.8) is 0 Å². The number of nitrogens with one attached hydrogen (secondary N) is 1. The summed E-state index contributed by atoms with van der Waals surface area (Å²) in [5.41, 5.74) is 0.0443. The second-order valence-corrected chi connectivity index (χ2v) is 9.52. The van der Waals surface area contributed by atoms with Crippen molar-refractivity contribution in [3.05, 3.63) is 57.6 Å². The van der Waals surface area contributed by atoms with Crippen LogP contribution in [0.25, 0.3) is 10.2 Å². The van der Waals surface area contributed by atoms with Crippen LogP contribution in [0.4, 0.5) is 8.78 Å². The van der Waals surface area contributed by atoms with Gasteiger partial charge in [0.25, 0.3) is 5.91 Å². The van der Waals surface area contributed by atoms with Crippen LogP contribution in [0.3, 0.4) is 0 Å². The zero-order valence-electron chi connectivity index (χ0n) is 18.9. The van der Waals surface area contributed by atoms with Gasteiger partial charge < -0.3 is 14.8 Å². The van der Waals surface area contributed by atoms with Crippen LogP contribution in [0.5, 0.6) is 5.75 Å². The number of likely N-dealkylation sites (tertiary alicyclic amines) is 1. The van der Waals surface area contributed by atoms with E-state index in [-0.39, 0.29) is 12.4 Å². The molecule has 3 aromatic rings. The highest BCUT2D eigenvalue weighted by Gasteiger charge is 2.21. The van der Waals surface area contributed by atoms with Gasteiger partial charge in [-0.3, -0.25) is 9.69 Å². The van der Waals surface area contributed by atoms with E-state index in [1.807, 2.05) is 6.07 Å². The zero-order chi connectivity index (χ0) is 24.7. The van der Waals surface area contributed by atoms with Gasteiger partial charge in [0.1, 0.15) is 29.3 Å². The number of aromatic nitrogens is 1. The van der Waals surface area contributed by atoms with Gasteiger partial charge in [-0.2, -0.15) is 0 Å². The Morgan fingerprint density at radius 3 is 2.71 bits per heavy atom. The number of rotatable bonds is 6. The number of halogens is 3. The summed E-state index contributed by atoms with van der Waals surface area (Å²) in [6.45, 7) is 5.12. The number of hydrogen-bond donors (Lipinski definition) is 1. The van der Waals surface area contributed by atoms with Crippen LogP contribution in [-0.4, -0.2) is 48.8 Å². The summed E-state index contributed by atoms with van der Waals surface area (Å²) in [4.78, 5) is 28.2. The number of amides is 1. The van der Waals surface area contributed by atoms with Crippen molar-refractivity contribution in [2.24, 2.45) is 5.92 Å². The first-order chi connectivity index (χ1) is 16.3. The molecule has 10 heteroatoms. The number of piperidine rings is 1. The first-order valence-electron chi connectivity index (χ1n) is 10.9. The van der Waals surface area contributed by atoms with E-state index in [9.17, 15) is 18.4 Å². The summed E-state index contributed by atoms with van der Waals surface area (Å²) in [5, 5.41) is 3.37. The SMILES string of the molecule is CC1CCN(CC=O)CC1.CNC(=O)c1c(F)ccc(OCc2nc3cc(Cl)ccc3s2)c1F. The molecule has 182 valence electrons. The maximum atomic E-state index is 14.3. The molecule has 1 amide bonds. The molecule has 0 aliphatic carbocycles. The van der Waals surface area contributed by atoms with Crippen LogP contribution in [0.1, 0.15) is 35.1 Å². The van der Waals surface area contributed by atoms with Gasteiger partial charge in [-0.1, -0.05) is 18.5 Å². The quantitative estimate of drug-likeness (QED) is 0.469. The number of ether oxygens (including phenoxy) is 1. The zero-order valence-corrected chi connectivity index (χ0v) is 20.5. The normalized spacial score (nSPS) is 14.4. The van der Waals surface area contributed by atoms with Gasteiger partial charge in [0.05, 0.1) is 16.8 Å². The molecule has 0 radical (unpaired) electrons. The minimum atomic E-state index is -1.04. The summed E-state index contributed by atoms with van der Waals surface area (Å²) in [5.74, 6) is -2.20. The summed E-state index contributed by atoms with van der Waals surface area (Å²) in [6.07, 6.45) is 3.51. The van der Waals surface area contributed by atoms with Crippen molar-refractivity contribution in [1.29, 1.82) is 0 Å². The first-order valence-corrected chi connectivity index (χ1v) is 12.1. The van der Waals surface area contributed by atoms with Crippen LogP contribution in [0.15, 0.2) is 30.3 Å². The van der Waals surface area contributed by atoms with Crippen LogP contribution >= 0.6 is 22.9 Å². The molecule has 2 aromatic carbocycles. The highest BCUT2D eigenvalue weighted by atomic mass is 35.5. The van der Waals surface area contributed by atoms with Crippen LogP contribution in [0.2, 0.25) is 5.02 Å². The third kappa shape index (κ3) is 6.71. The Balaban J connectivity index is 0.000000271. The van der Waals surface area contributed by atoms with Crippen molar-refractivity contribution >= 4 is 45.3 Å². The van der Waals surface area contributed by atoms with Gasteiger partial charge in [-0.25, -0.2) is 13.8 Å². The van der Waals surface area contributed by atoms with E-state index in [0.717, 1.165) is 47.6 Å². The number of benzene rings is 2. The summed E-state index contributed by atoms with van der Waals surface area (Å²) < 4.78 is 34.2. The predicted octanol–water partition coefficient (Wildman–Crippen LogP) is 5.08. The lowest BCUT2D eigenvalue weighted by Crippen LogP contribution is -2.34. The predicted molar refractivity (Wildman–Crippen MR) is 130 cm³/mol. The Morgan fingerprint density at radius 2 is 2.03 bits per heavy atom. The molecule has 1 saturated heterocycles. The molecule has 0 saturated carbocycles.